The maximum absolute atomic E-state index is 12.0. The molecule has 0 saturated carbocycles. The summed E-state index contributed by atoms with van der Waals surface area (Å²) in [5, 5.41) is 0.508. The molecule has 1 aliphatic heterocycles. The molecule has 0 N–H and O–H groups in total. The van der Waals surface area contributed by atoms with Crippen molar-refractivity contribution in [1.29, 1.82) is 0 Å². The van der Waals surface area contributed by atoms with Crippen molar-refractivity contribution in [3.63, 3.8) is 0 Å². The Hall–Kier alpha value is -2.48. The molecule has 7 nitrogen and oxygen atoms in total. The Labute approximate surface area is 168 Å². The molecule has 1 heterocycles. The van der Waals surface area contributed by atoms with E-state index in [4.69, 9.17) is 14.2 Å². The second kappa shape index (κ2) is 9.64. The Kier molecular flexibility index (Phi) is 6.97. The predicted molar refractivity (Wildman–Crippen MR) is 104 cm³/mol. The zero-order valence-electron chi connectivity index (χ0n) is 15.8. The molecule has 150 valence electrons. The van der Waals surface area contributed by atoms with Crippen LogP contribution in [0.1, 0.15) is 24.5 Å². The van der Waals surface area contributed by atoms with Crippen molar-refractivity contribution < 1.29 is 28.6 Å². The van der Waals surface area contributed by atoms with Gasteiger partial charge in [0.1, 0.15) is 12.4 Å². The number of thioether (sulfide) groups is 1. The van der Waals surface area contributed by atoms with E-state index in [2.05, 4.69) is 0 Å². The monoisotopic (exact) mass is 405 g/mol. The van der Waals surface area contributed by atoms with Crippen LogP contribution in [-0.2, 0) is 36.7 Å². The standard InChI is InChI=1S/C20H23NO6S/c1-2-25-19(23)11-18-21(17(22)13-28-18)8-9-26-20(24)12-27-16-7-6-14-4-3-5-15(14)10-16/h6-7,10-11H,2-5,8-9,12-13H2,1H3/b18-11-. The molecule has 0 bridgehead atoms. The first kappa shape index (κ1) is 20.3. The molecule has 0 radical (unpaired) electrons. The highest BCUT2D eigenvalue weighted by atomic mass is 32.2. The molecule has 1 aromatic carbocycles. The molecule has 0 unspecified atom stereocenters. The SMILES string of the molecule is CCOC(=O)/C=C1\SCC(=O)N1CCOC(=O)COc1ccc2c(c1)CCC2. The third-order valence-corrected chi connectivity index (χ3v) is 5.47. The number of ether oxygens (including phenoxy) is 3. The summed E-state index contributed by atoms with van der Waals surface area (Å²) in [4.78, 5) is 36.9. The second-order valence-corrected chi connectivity index (χ2v) is 7.36. The molecule has 3 rings (SSSR count). The Morgan fingerprint density at radius 1 is 1.21 bits per heavy atom. The van der Waals surface area contributed by atoms with E-state index in [-0.39, 0.29) is 38.0 Å². The largest absolute Gasteiger partial charge is 0.482 e. The van der Waals surface area contributed by atoms with E-state index in [9.17, 15) is 14.4 Å². The van der Waals surface area contributed by atoms with Gasteiger partial charge >= 0.3 is 11.9 Å². The first-order valence-electron chi connectivity index (χ1n) is 9.28. The number of carbonyl (C=O) groups is 3. The van der Waals surface area contributed by atoms with Gasteiger partial charge in [-0.25, -0.2) is 9.59 Å². The van der Waals surface area contributed by atoms with Crippen molar-refractivity contribution in [3.05, 3.63) is 40.4 Å². The van der Waals surface area contributed by atoms with Crippen LogP contribution in [0.4, 0.5) is 0 Å². The predicted octanol–water partition coefficient (Wildman–Crippen LogP) is 2.08. The van der Waals surface area contributed by atoms with Gasteiger partial charge in [-0.3, -0.25) is 4.79 Å². The maximum Gasteiger partial charge on any atom is 0.344 e. The highest BCUT2D eigenvalue weighted by molar-refractivity contribution is 8.04. The highest BCUT2D eigenvalue weighted by Gasteiger charge is 2.27. The lowest BCUT2D eigenvalue weighted by molar-refractivity contribution is -0.147. The molecule has 0 atom stereocenters. The molecule has 1 aliphatic carbocycles. The molecule has 1 amide bonds. The summed E-state index contributed by atoms with van der Waals surface area (Å²) in [6.07, 6.45) is 4.58. The number of aryl methyl sites for hydroxylation is 2. The van der Waals surface area contributed by atoms with E-state index in [1.165, 1.54) is 33.9 Å². The van der Waals surface area contributed by atoms with Crippen molar-refractivity contribution in [1.82, 2.24) is 4.90 Å². The second-order valence-electron chi connectivity index (χ2n) is 6.36. The lowest BCUT2D eigenvalue weighted by Crippen LogP contribution is -2.30. The van der Waals surface area contributed by atoms with Crippen LogP contribution < -0.4 is 4.74 Å². The minimum atomic E-state index is -0.504. The van der Waals surface area contributed by atoms with Gasteiger partial charge in [0.05, 0.1) is 30.0 Å². The molecule has 0 aromatic heterocycles. The summed E-state index contributed by atoms with van der Waals surface area (Å²) in [5.41, 5.74) is 2.62. The number of benzene rings is 1. The van der Waals surface area contributed by atoms with Crippen molar-refractivity contribution >= 4 is 29.6 Å². The molecule has 28 heavy (non-hydrogen) atoms. The maximum atomic E-state index is 12.0. The summed E-state index contributed by atoms with van der Waals surface area (Å²) in [6, 6.07) is 5.88. The fourth-order valence-corrected chi connectivity index (χ4v) is 4.08. The van der Waals surface area contributed by atoms with Gasteiger partial charge in [0.2, 0.25) is 5.91 Å². The zero-order chi connectivity index (χ0) is 19.9. The number of fused-ring (bicyclic) bond motifs is 1. The van der Waals surface area contributed by atoms with E-state index in [0.717, 1.165) is 19.3 Å². The quantitative estimate of drug-likeness (QED) is 0.484. The Morgan fingerprint density at radius 3 is 2.86 bits per heavy atom. The molecule has 0 spiro atoms. The molecule has 8 heteroatoms. The summed E-state index contributed by atoms with van der Waals surface area (Å²) in [7, 11) is 0. The number of rotatable bonds is 8. The van der Waals surface area contributed by atoms with Crippen molar-refractivity contribution in [2.45, 2.75) is 26.2 Å². The minimum absolute atomic E-state index is 0.0266. The van der Waals surface area contributed by atoms with Crippen LogP contribution in [0.25, 0.3) is 0 Å². The summed E-state index contributed by atoms with van der Waals surface area (Å²) in [5.74, 6) is -0.227. The summed E-state index contributed by atoms with van der Waals surface area (Å²) in [6.45, 7) is 2.00. The third-order valence-electron chi connectivity index (χ3n) is 4.44. The third kappa shape index (κ3) is 5.28. The van der Waals surface area contributed by atoms with Gasteiger partial charge in [0.25, 0.3) is 0 Å². The number of hydrogen-bond acceptors (Lipinski definition) is 7. The minimum Gasteiger partial charge on any atom is -0.482 e. The Bertz CT molecular complexity index is 791. The Morgan fingerprint density at radius 2 is 2.04 bits per heavy atom. The number of hydrogen-bond donors (Lipinski definition) is 0. The Balaban J connectivity index is 1.43. The van der Waals surface area contributed by atoms with E-state index in [1.54, 1.807) is 6.92 Å². The molecule has 2 aliphatic rings. The average Bonchev–Trinajstić information content (AvgIpc) is 3.27. The van der Waals surface area contributed by atoms with E-state index in [0.29, 0.717) is 10.8 Å². The number of amides is 1. The normalized spacial score (nSPS) is 17.0. The van der Waals surface area contributed by atoms with Gasteiger partial charge < -0.3 is 19.1 Å². The molecular weight excluding hydrogens is 382 g/mol. The van der Waals surface area contributed by atoms with Gasteiger partial charge in [0, 0.05) is 0 Å². The van der Waals surface area contributed by atoms with Crippen molar-refractivity contribution in [2.75, 3.05) is 32.1 Å². The van der Waals surface area contributed by atoms with Crippen LogP contribution in [0, 0.1) is 0 Å². The number of esters is 2. The average molecular weight is 405 g/mol. The first-order valence-corrected chi connectivity index (χ1v) is 10.3. The topological polar surface area (TPSA) is 82.1 Å². The molecule has 1 fully saturated rings. The lowest BCUT2D eigenvalue weighted by atomic mass is 10.1. The smallest absolute Gasteiger partial charge is 0.344 e. The van der Waals surface area contributed by atoms with Crippen LogP contribution in [0.2, 0.25) is 0 Å². The number of nitrogens with zero attached hydrogens (tertiary/aromatic N) is 1. The van der Waals surface area contributed by atoms with Crippen LogP contribution in [0.5, 0.6) is 5.75 Å². The number of carbonyl (C=O) groups excluding carboxylic acids is 3. The lowest BCUT2D eigenvalue weighted by Gasteiger charge is -2.17. The summed E-state index contributed by atoms with van der Waals surface area (Å²) < 4.78 is 15.5. The van der Waals surface area contributed by atoms with Gasteiger partial charge in [-0.1, -0.05) is 17.8 Å². The summed E-state index contributed by atoms with van der Waals surface area (Å²) >= 11 is 1.26. The fraction of sp³-hybridized carbons (Fsp3) is 0.450. The van der Waals surface area contributed by atoms with Gasteiger partial charge in [-0.2, -0.15) is 0 Å². The van der Waals surface area contributed by atoms with Gasteiger partial charge in [-0.15, -0.1) is 0 Å². The van der Waals surface area contributed by atoms with Crippen LogP contribution >= 0.6 is 11.8 Å². The van der Waals surface area contributed by atoms with E-state index in [1.807, 2.05) is 18.2 Å². The van der Waals surface area contributed by atoms with Crippen molar-refractivity contribution in [3.8, 4) is 5.75 Å². The van der Waals surface area contributed by atoms with Crippen LogP contribution in [0.15, 0.2) is 29.3 Å². The molecule has 1 aromatic rings. The van der Waals surface area contributed by atoms with Crippen LogP contribution in [-0.4, -0.2) is 54.9 Å². The molecular formula is C20H23NO6S. The fourth-order valence-electron chi connectivity index (χ4n) is 3.13. The first-order chi connectivity index (χ1) is 13.6. The van der Waals surface area contributed by atoms with Crippen molar-refractivity contribution in [2.24, 2.45) is 0 Å². The van der Waals surface area contributed by atoms with E-state index >= 15 is 0 Å². The highest BCUT2D eigenvalue weighted by Crippen LogP contribution is 2.28. The zero-order valence-corrected chi connectivity index (χ0v) is 16.6. The molecule has 1 saturated heterocycles. The van der Waals surface area contributed by atoms with Crippen LogP contribution in [0.3, 0.4) is 0 Å². The van der Waals surface area contributed by atoms with Gasteiger partial charge in [-0.05, 0) is 49.4 Å². The van der Waals surface area contributed by atoms with E-state index < -0.39 is 11.9 Å². The van der Waals surface area contributed by atoms with Gasteiger partial charge in [0.15, 0.2) is 6.61 Å².